The number of hydrogen-bond acceptors (Lipinski definition) is 7. The van der Waals surface area contributed by atoms with Crippen molar-refractivity contribution in [2.24, 2.45) is 5.92 Å². The quantitative estimate of drug-likeness (QED) is 0.477. The molecule has 8 nitrogen and oxygen atoms in total. The lowest BCUT2D eigenvalue weighted by molar-refractivity contribution is -0.258. The maximum atomic E-state index is 13.3. The number of hydrogen-bond donors (Lipinski definition) is 1. The van der Waals surface area contributed by atoms with Crippen molar-refractivity contribution < 1.29 is 35.1 Å². The Bertz CT molecular complexity index is 1310. The lowest BCUT2D eigenvalue weighted by Crippen LogP contribution is -2.59. The topological polar surface area (TPSA) is 98.2 Å². The van der Waals surface area contributed by atoms with E-state index in [9.17, 15) is 35.1 Å². The minimum atomic E-state index is -4.86. The van der Waals surface area contributed by atoms with Gasteiger partial charge in [-0.3, -0.25) is 0 Å². The zero-order valence-corrected chi connectivity index (χ0v) is 23.6. The molecule has 1 aromatic heterocycles. The number of halogens is 3. The largest absolute Gasteiger partial charge is 0.421 e. The van der Waals surface area contributed by atoms with E-state index in [-0.39, 0.29) is 41.9 Å². The summed E-state index contributed by atoms with van der Waals surface area (Å²) in [7, 11) is -7.39. The van der Waals surface area contributed by atoms with E-state index in [1.165, 1.54) is 38.9 Å². The summed E-state index contributed by atoms with van der Waals surface area (Å²) in [6.45, 7) is 1.41. The van der Waals surface area contributed by atoms with Crippen molar-refractivity contribution in [3.05, 3.63) is 47.3 Å². The molecule has 1 aliphatic carbocycles. The maximum absolute atomic E-state index is 13.3. The van der Waals surface area contributed by atoms with E-state index in [2.05, 4.69) is 0 Å². The number of thiophene rings is 1. The first-order valence-corrected chi connectivity index (χ1v) is 16.4. The van der Waals surface area contributed by atoms with Gasteiger partial charge in [-0.25, -0.2) is 16.8 Å². The molecule has 0 bridgehead atoms. The molecule has 1 aliphatic heterocycles. The number of anilines is 1. The van der Waals surface area contributed by atoms with Crippen LogP contribution in [0.5, 0.6) is 0 Å². The lowest BCUT2D eigenvalue weighted by Gasteiger charge is -2.44. The van der Waals surface area contributed by atoms with E-state index >= 15 is 0 Å². The van der Waals surface area contributed by atoms with Crippen LogP contribution in [-0.4, -0.2) is 81.8 Å². The van der Waals surface area contributed by atoms with Crippen LogP contribution in [-0.2, 0) is 25.6 Å². The molecule has 1 N–H and O–H groups in total. The van der Waals surface area contributed by atoms with Gasteiger partial charge in [-0.1, -0.05) is 24.6 Å². The van der Waals surface area contributed by atoms with Crippen LogP contribution in [0.15, 0.2) is 46.0 Å². The summed E-state index contributed by atoms with van der Waals surface area (Å²) >= 11 is 1.10. The van der Waals surface area contributed by atoms with Crippen molar-refractivity contribution >= 4 is 37.1 Å². The van der Waals surface area contributed by atoms with Gasteiger partial charge in [0.1, 0.15) is 4.21 Å². The molecule has 4 rings (SSSR count). The highest BCUT2D eigenvalue weighted by molar-refractivity contribution is 7.91. The fraction of sp³-hybridized carbons (Fsp3) is 0.583. The number of benzene rings is 1. The third-order valence-corrected chi connectivity index (χ3v) is 11.9. The zero-order valence-electron chi connectivity index (χ0n) is 21.1. The van der Waals surface area contributed by atoms with Gasteiger partial charge >= 0.3 is 6.18 Å². The third-order valence-electron chi connectivity index (χ3n) is 7.42. The first-order chi connectivity index (χ1) is 17.6. The average molecular weight is 596 g/mol. The van der Waals surface area contributed by atoms with Crippen LogP contribution in [0, 0.1) is 5.92 Å². The molecular formula is C24H32F3N3O5S3. The highest BCUT2D eigenvalue weighted by Gasteiger charge is 2.51. The van der Waals surface area contributed by atoms with Gasteiger partial charge in [0.25, 0.3) is 10.0 Å². The smallest absolute Gasteiger partial charge is 0.376 e. The van der Waals surface area contributed by atoms with E-state index in [1.807, 2.05) is 4.90 Å². The molecule has 2 aromatic rings. The van der Waals surface area contributed by atoms with Crippen molar-refractivity contribution in [3.8, 4) is 0 Å². The van der Waals surface area contributed by atoms with Crippen molar-refractivity contribution in [2.75, 3.05) is 43.9 Å². The van der Waals surface area contributed by atoms with Gasteiger partial charge in [0.15, 0.2) is 5.60 Å². The molecule has 2 fully saturated rings. The Hall–Kier alpha value is -1.71. The zero-order chi connectivity index (χ0) is 27.9. The molecule has 38 heavy (non-hydrogen) atoms. The highest BCUT2D eigenvalue weighted by atomic mass is 32.2. The number of rotatable bonds is 9. The van der Waals surface area contributed by atoms with Crippen LogP contribution < -0.4 is 4.90 Å². The molecule has 0 radical (unpaired) electrons. The molecule has 2 aliphatic rings. The number of aliphatic hydroxyl groups is 1. The van der Waals surface area contributed by atoms with Crippen LogP contribution in [0.25, 0.3) is 0 Å². The lowest BCUT2D eigenvalue weighted by atomic mass is 9.85. The highest BCUT2D eigenvalue weighted by Crippen LogP contribution is 2.39. The Kier molecular flexibility index (Phi) is 8.24. The Morgan fingerprint density at radius 2 is 1.71 bits per heavy atom. The summed E-state index contributed by atoms with van der Waals surface area (Å²) in [6, 6.07) is 7.86. The van der Waals surface area contributed by atoms with E-state index < -0.39 is 37.9 Å². The van der Waals surface area contributed by atoms with E-state index in [4.69, 9.17) is 0 Å². The summed E-state index contributed by atoms with van der Waals surface area (Å²) in [4.78, 5) is 1.84. The van der Waals surface area contributed by atoms with Gasteiger partial charge in [0, 0.05) is 38.4 Å². The van der Waals surface area contributed by atoms with E-state index in [0.29, 0.717) is 19.2 Å². The van der Waals surface area contributed by atoms with Gasteiger partial charge in [-0.05, 0) is 54.8 Å². The molecule has 2 unspecified atom stereocenters. The fourth-order valence-corrected chi connectivity index (χ4v) is 8.30. The van der Waals surface area contributed by atoms with Crippen molar-refractivity contribution in [2.45, 2.75) is 48.2 Å². The number of piperazine rings is 1. The van der Waals surface area contributed by atoms with Crippen molar-refractivity contribution in [3.63, 3.8) is 0 Å². The van der Waals surface area contributed by atoms with Crippen molar-refractivity contribution in [1.82, 2.24) is 8.61 Å². The van der Waals surface area contributed by atoms with E-state index in [1.54, 1.807) is 11.4 Å². The Labute approximate surface area is 225 Å². The van der Waals surface area contributed by atoms with Crippen LogP contribution in [0.1, 0.15) is 31.7 Å². The van der Waals surface area contributed by atoms with Crippen LogP contribution in [0.4, 0.5) is 18.9 Å². The number of sulfonamides is 2. The molecule has 0 spiro atoms. The standard InChI is InChI=1S/C24H32F3N3O5S3/c1-23(31,24(25,26)27)19-8-10-20(11-9-19)30-13-12-28(38(34,35)22-7-4-14-36-22)16-21(30)17-29(37(2,32)33)15-18-5-3-6-18/h4,7-11,14,18,21,31H,3,5-6,12-13,15-17H2,1-2H3. The molecular weight excluding hydrogens is 563 g/mol. The van der Waals surface area contributed by atoms with Crippen molar-refractivity contribution in [1.29, 1.82) is 0 Å². The van der Waals surface area contributed by atoms with Gasteiger partial charge in [-0.15, -0.1) is 11.3 Å². The van der Waals surface area contributed by atoms with Gasteiger partial charge < -0.3 is 10.0 Å². The summed E-state index contributed by atoms with van der Waals surface area (Å²) in [6.07, 6.45) is -0.832. The normalized spacial score (nSPS) is 21.9. The second-order valence-corrected chi connectivity index (χ2v) is 15.2. The predicted molar refractivity (Wildman–Crippen MR) is 140 cm³/mol. The number of nitrogens with zero attached hydrogens (tertiary/aromatic N) is 3. The average Bonchev–Trinajstić information content (AvgIpc) is 3.35. The molecule has 1 saturated carbocycles. The van der Waals surface area contributed by atoms with Crippen LogP contribution in [0.2, 0.25) is 0 Å². The monoisotopic (exact) mass is 595 g/mol. The predicted octanol–water partition coefficient (Wildman–Crippen LogP) is 3.46. The summed E-state index contributed by atoms with van der Waals surface area (Å²) in [5.74, 6) is 0.247. The second kappa shape index (κ2) is 10.7. The Morgan fingerprint density at radius 1 is 1.05 bits per heavy atom. The van der Waals surface area contributed by atoms with Crippen LogP contribution >= 0.6 is 11.3 Å². The Balaban J connectivity index is 1.64. The first kappa shape index (κ1) is 29.3. The molecule has 14 heteroatoms. The second-order valence-electron chi connectivity index (χ2n) is 10.1. The summed E-state index contributed by atoms with van der Waals surface area (Å²) < 4.78 is 94.7. The summed E-state index contributed by atoms with van der Waals surface area (Å²) in [5, 5.41) is 11.7. The minimum absolute atomic E-state index is 0.0128. The SMILES string of the molecule is CC(O)(c1ccc(N2CCN(S(=O)(=O)c3cccs3)CC2CN(CC2CCC2)S(C)(=O)=O)cc1)C(F)(F)F. The first-order valence-electron chi connectivity index (χ1n) is 12.3. The van der Waals surface area contributed by atoms with E-state index in [0.717, 1.165) is 36.9 Å². The molecule has 1 aromatic carbocycles. The molecule has 0 amide bonds. The van der Waals surface area contributed by atoms with Crippen LogP contribution in [0.3, 0.4) is 0 Å². The van der Waals surface area contributed by atoms with Gasteiger partial charge in [0.05, 0.1) is 12.3 Å². The van der Waals surface area contributed by atoms with Gasteiger partial charge in [0.2, 0.25) is 10.0 Å². The molecule has 2 heterocycles. The Morgan fingerprint density at radius 3 is 2.21 bits per heavy atom. The molecule has 212 valence electrons. The molecule has 2 atom stereocenters. The fourth-order valence-electron chi connectivity index (χ4n) is 4.76. The maximum Gasteiger partial charge on any atom is 0.421 e. The van der Waals surface area contributed by atoms with Gasteiger partial charge in [-0.2, -0.15) is 21.8 Å². The third kappa shape index (κ3) is 6.04. The number of alkyl halides is 3. The summed E-state index contributed by atoms with van der Waals surface area (Å²) in [5.41, 5.74) is -2.84. The minimum Gasteiger partial charge on any atom is -0.376 e. The molecule has 1 saturated heterocycles.